The van der Waals surface area contributed by atoms with Gasteiger partial charge in [0.15, 0.2) is 0 Å². The Balaban J connectivity index is 1.59. The Labute approximate surface area is 119 Å². The second-order valence-corrected chi connectivity index (χ2v) is 5.96. The Kier molecular flexibility index (Phi) is 4.03. The van der Waals surface area contributed by atoms with Crippen LogP contribution in [0.4, 0.5) is 0 Å². The Morgan fingerprint density at radius 3 is 2.85 bits per heavy atom. The molecule has 1 fully saturated rings. The van der Waals surface area contributed by atoms with Crippen molar-refractivity contribution >= 4 is 11.0 Å². The van der Waals surface area contributed by atoms with Crippen LogP contribution in [0.1, 0.15) is 44.1 Å². The molecule has 0 bridgehead atoms. The third kappa shape index (κ3) is 3.02. The number of aromatic nitrogens is 2. The van der Waals surface area contributed by atoms with Gasteiger partial charge in [-0.25, -0.2) is 4.98 Å². The minimum absolute atomic E-state index is 0.513. The molecule has 3 rings (SSSR count). The summed E-state index contributed by atoms with van der Waals surface area (Å²) >= 11 is 0. The van der Waals surface area contributed by atoms with Crippen LogP contribution in [0.5, 0.6) is 0 Å². The van der Waals surface area contributed by atoms with Crippen LogP contribution in [0.15, 0.2) is 24.5 Å². The van der Waals surface area contributed by atoms with Crippen molar-refractivity contribution in [1.29, 1.82) is 0 Å². The largest absolute Gasteiger partial charge is 0.389 e. The molecular weight excluding hydrogens is 250 g/mol. The van der Waals surface area contributed by atoms with Gasteiger partial charge in [0.2, 0.25) is 0 Å². The van der Waals surface area contributed by atoms with Crippen molar-refractivity contribution in [2.24, 2.45) is 0 Å². The van der Waals surface area contributed by atoms with Crippen molar-refractivity contribution in [2.75, 3.05) is 6.54 Å². The first-order valence-electron chi connectivity index (χ1n) is 7.61. The standard InChI is InChI=1S/C16H23N3O/c20-16(7-3-1-2-4-8-16)12-17-10-13-11-19-15-14(13)6-5-9-18-15/h5-6,9,11,17,20H,1-4,7-8,10,12H2,(H,18,19). The molecule has 1 aliphatic carbocycles. The van der Waals surface area contributed by atoms with Crippen molar-refractivity contribution < 1.29 is 5.11 Å². The molecule has 0 saturated heterocycles. The maximum absolute atomic E-state index is 10.6. The lowest BCUT2D eigenvalue weighted by Crippen LogP contribution is -2.39. The molecule has 0 aliphatic heterocycles. The average molecular weight is 273 g/mol. The third-order valence-corrected chi connectivity index (χ3v) is 4.34. The van der Waals surface area contributed by atoms with Crippen LogP contribution in [-0.4, -0.2) is 27.2 Å². The van der Waals surface area contributed by atoms with E-state index in [0.717, 1.165) is 43.3 Å². The topological polar surface area (TPSA) is 60.9 Å². The average Bonchev–Trinajstić information content (AvgIpc) is 2.74. The molecule has 0 atom stereocenters. The van der Waals surface area contributed by atoms with Gasteiger partial charge in [-0.1, -0.05) is 25.7 Å². The summed E-state index contributed by atoms with van der Waals surface area (Å²) in [6.07, 6.45) is 10.5. The molecular formula is C16H23N3O. The summed E-state index contributed by atoms with van der Waals surface area (Å²) in [4.78, 5) is 7.48. The second-order valence-electron chi connectivity index (χ2n) is 5.96. The predicted molar refractivity (Wildman–Crippen MR) is 80.5 cm³/mol. The minimum atomic E-state index is -0.513. The van der Waals surface area contributed by atoms with E-state index in [-0.39, 0.29) is 0 Å². The lowest BCUT2D eigenvalue weighted by Gasteiger charge is -2.26. The van der Waals surface area contributed by atoms with Gasteiger partial charge in [-0.2, -0.15) is 0 Å². The molecule has 0 unspecified atom stereocenters. The summed E-state index contributed by atoms with van der Waals surface area (Å²) in [5.74, 6) is 0. The van der Waals surface area contributed by atoms with Gasteiger partial charge in [-0.3, -0.25) is 0 Å². The minimum Gasteiger partial charge on any atom is -0.389 e. The molecule has 0 amide bonds. The van der Waals surface area contributed by atoms with Gasteiger partial charge < -0.3 is 15.4 Å². The monoisotopic (exact) mass is 273 g/mol. The lowest BCUT2D eigenvalue weighted by atomic mass is 9.94. The smallest absolute Gasteiger partial charge is 0.137 e. The van der Waals surface area contributed by atoms with Gasteiger partial charge in [0.25, 0.3) is 0 Å². The van der Waals surface area contributed by atoms with Crippen LogP contribution in [0.25, 0.3) is 11.0 Å². The molecule has 20 heavy (non-hydrogen) atoms. The molecule has 2 aromatic rings. The number of nitrogens with one attached hydrogen (secondary N) is 2. The number of H-pyrrole nitrogens is 1. The first-order chi connectivity index (χ1) is 9.77. The normalized spacial score (nSPS) is 19.1. The molecule has 4 nitrogen and oxygen atoms in total. The zero-order valence-corrected chi connectivity index (χ0v) is 11.9. The molecule has 3 N–H and O–H groups in total. The summed E-state index contributed by atoms with van der Waals surface area (Å²) in [7, 11) is 0. The summed E-state index contributed by atoms with van der Waals surface area (Å²) < 4.78 is 0. The van der Waals surface area contributed by atoms with Gasteiger partial charge in [-0.15, -0.1) is 0 Å². The first kappa shape index (κ1) is 13.6. The van der Waals surface area contributed by atoms with Crippen molar-refractivity contribution in [3.63, 3.8) is 0 Å². The van der Waals surface area contributed by atoms with E-state index >= 15 is 0 Å². The van der Waals surface area contributed by atoms with E-state index in [1.807, 2.05) is 12.3 Å². The Morgan fingerprint density at radius 2 is 2.05 bits per heavy atom. The molecule has 2 heterocycles. The van der Waals surface area contributed by atoms with E-state index in [1.165, 1.54) is 18.4 Å². The number of rotatable bonds is 4. The molecule has 0 spiro atoms. The SMILES string of the molecule is OC1(CNCc2c[nH]c3ncccc23)CCCCCC1. The van der Waals surface area contributed by atoms with Crippen LogP contribution in [0.3, 0.4) is 0 Å². The van der Waals surface area contributed by atoms with E-state index in [1.54, 1.807) is 6.20 Å². The summed E-state index contributed by atoms with van der Waals surface area (Å²) in [5, 5.41) is 15.2. The number of nitrogens with zero attached hydrogens (tertiary/aromatic N) is 1. The number of aliphatic hydroxyl groups is 1. The van der Waals surface area contributed by atoms with Crippen molar-refractivity contribution in [3.05, 3.63) is 30.1 Å². The number of aromatic amines is 1. The maximum atomic E-state index is 10.6. The fraction of sp³-hybridized carbons (Fsp3) is 0.562. The molecule has 0 aromatic carbocycles. The molecule has 108 valence electrons. The third-order valence-electron chi connectivity index (χ3n) is 4.34. The molecule has 2 aromatic heterocycles. The summed E-state index contributed by atoms with van der Waals surface area (Å²) in [5.41, 5.74) is 1.63. The van der Waals surface area contributed by atoms with E-state index in [9.17, 15) is 5.11 Å². The fourth-order valence-corrected chi connectivity index (χ4v) is 3.15. The van der Waals surface area contributed by atoms with Gasteiger partial charge >= 0.3 is 0 Å². The highest BCUT2D eigenvalue weighted by atomic mass is 16.3. The molecule has 1 aliphatic rings. The molecule has 4 heteroatoms. The number of fused-ring (bicyclic) bond motifs is 1. The lowest BCUT2D eigenvalue weighted by molar-refractivity contribution is 0.0250. The predicted octanol–water partition coefficient (Wildman–Crippen LogP) is 2.74. The summed E-state index contributed by atoms with van der Waals surface area (Å²) in [6.45, 7) is 1.45. The van der Waals surface area contributed by atoms with Crippen molar-refractivity contribution in [1.82, 2.24) is 15.3 Å². The Morgan fingerprint density at radius 1 is 1.25 bits per heavy atom. The van der Waals surface area contributed by atoms with E-state index in [0.29, 0.717) is 6.54 Å². The number of hydrogen-bond acceptors (Lipinski definition) is 3. The fourth-order valence-electron chi connectivity index (χ4n) is 3.15. The summed E-state index contributed by atoms with van der Waals surface area (Å²) in [6, 6.07) is 4.04. The van der Waals surface area contributed by atoms with E-state index in [2.05, 4.69) is 21.4 Å². The zero-order valence-electron chi connectivity index (χ0n) is 11.9. The van der Waals surface area contributed by atoms with Crippen LogP contribution in [0, 0.1) is 0 Å². The van der Waals surface area contributed by atoms with Crippen LogP contribution >= 0.6 is 0 Å². The Hall–Kier alpha value is -1.39. The number of hydrogen-bond donors (Lipinski definition) is 3. The first-order valence-corrected chi connectivity index (χ1v) is 7.61. The zero-order chi connectivity index (χ0) is 13.8. The highest BCUT2D eigenvalue weighted by Gasteiger charge is 2.27. The number of pyridine rings is 1. The van der Waals surface area contributed by atoms with Crippen molar-refractivity contribution in [3.8, 4) is 0 Å². The van der Waals surface area contributed by atoms with Gasteiger partial charge in [-0.05, 0) is 30.5 Å². The van der Waals surface area contributed by atoms with Gasteiger partial charge in [0.1, 0.15) is 5.65 Å². The highest BCUT2D eigenvalue weighted by Crippen LogP contribution is 2.26. The van der Waals surface area contributed by atoms with Gasteiger partial charge in [0, 0.05) is 30.9 Å². The highest BCUT2D eigenvalue weighted by molar-refractivity contribution is 5.79. The van der Waals surface area contributed by atoms with Crippen molar-refractivity contribution in [2.45, 2.75) is 50.7 Å². The van der Waals surface area contributed by atoms with E-state index < -0.39 is 5.60 Å². The van der Waals surface area contributed by atoms with E-state index in [4.69, 9.17) is 0 Å². The molecule has 1 saturated carbocycles. The quantitative estimate of drug-likeness (QED) is 0.751. The van der Waals surface area contributed by atoms with Crippen LogP contribution in [0.2, 0.25) is 0 Å². The second kappa shape index (κ2) is 5.94. The Bertz CT molecular complexity index is 556. The maximum Gasteiger partial charge on any atom is 0.137 e. The molecule has 0 radical (unpaired) electrons. The van der Waals surface area contributed by atoms with Gasteiger partial charge in [0.05, 0.1) is 5.60 Å². The van der Waals surface area contributed by atoms with Crippen LogP contribution in [-0.2, 0) is 6.54 Å². The van der Waals surface area contributed by atoms with Crippen LogP contribution < -0.4 is 5.32 Å².